The van der Waals surface area contributed by atoms with E-state index in [1.807, 2.05) is 6.07 Å². The number of anilines is 1. The summed E-state index contributed by atoms with van der Waals surface area (Å²) in [5.74, 6) is -1.05. The third kappa shape index (κ3) is 4.54. The Morgan fingerprint density at radius 3 is 2.91 bits per heavy atom. The second-order valence-electron chi connectivity index (χ2n) is 5.03. The van der Waals surface area contributed by atoms with E-state index in [0.717, 1.165) is 6.42 Å². The molecule has 1 aromatic carbocycles. The van der Waals surface area contributed by atoms with Crippen molar-refractivity contribution >= 4 is 23.5 Å². The van der Waals surface area contributed by atoms with Gasteiger partial charge in [0, 0.05) is 25.2 Å². The highest BCUT2D eigenvalue weighted by atomic mass is 16.5. The SMILES string of the molecule is N#CCCNC(=O)COC(=O)c1cccc(N2CCCC2=O)c1. The molecule has 120 valence electrons. The highest BCUT2D eigenvalue weighted by Crippen LogP contribution is 2.22. The number of esters is 1. The first-order valence-corrected chi connectivity index (χ1v) is 7.33. The highest BCUT2D eigenvalue weighted by Gasteiger charge is 2.22. The minimum absolute atomic E-state index is 0.0346. The lowest BCUT2D eigenvalue weighted by Gasteiger charge is -2.16. The summed E-state index contributed by atoms with van der Waals surface area (Å²) in [6.07, 6.45) is 1.51. The number of nitrogens with one attached hydrogen (secondary N) is 1. The zero-order valence-corrected chi connectivity index (χ0v) is 12.6. The van der Waals surface area contributed by atoms with Crippen LogP contribution in [0.4, 0.5) is 5.69 Å². The Bertz CT molecular complexity index is 651. The summed E-state index contributed by atoms with van der Waals surface area (Å²) in [7, 11) is 0. The van der Waals surface area contributed by atoms with Crippen molar-refractivity contribution in [3.8, 4) is 6.07 Å². The van der Waals surface area contributed by atoms with E-state index in [9.17, 15) is 14.4 Å². The first kappa shape index (κ1) is 16.5. The van der Waals surface area contributed by atoms with Crippen molar-refractivity contribution in [3.63, 3.8) is 0 Å². The molecular formula is C16H17N3O4. The number of hydrogen-bond acceptors (Lipinski definition) is 5. The van der Waals surface area contributed by atoms with Crippen molar-refractivity contribution in [2.24, 2.45) is 0 Å². The van der Waals surface area contributed by atoms with Crippen LogP contribution in [-0.4, -0.2) is 37.5 Å². The van der Waals surface area contributed by atoms with Crippen LogP contribution >= 0.6 is 0 Å². The monoisotopic (exact) mass is 315 g/mol. The maximum atomic E-state index is 12.0. The van der Waals surface area contributed by atoms with Gasteiger partial charge in [0.15, 0.2) is 6.61 Å². The molecule has 0 unspecified atom stereocenters. The van der Waals surface area contributed by atoms with Gasteiger partial charge in [-0.1, -0.05) is 6.07 Å². The molecule has 0 bridgehead atoms. The van der Waals surface area contributed by atoms with Crippen LogP contribution in [0, 0.1) is 11.3 Å². The number of ether oxygens (including phenoxy) is 1. The molecule has 1 aliphatic heterocycles. The maximum Gasteiger partial charge on any atom is 0.338 e. The molecule has 23 heavy (non-hydrogen) atoms. The fraction of sp³-hybridized carbons (Fsp3) is 0.375. The molecule has 2 amide bonds. The van der Waals surface area contributed by atoms with Gasteiger partial charge in [-0.2, -0.15) is 5.26 Å². The number of carbonyl (C=O) groups is 3. The summed E-state index contributed by atoms with van der Waals surface area (Å²) >= 11 is 0. The summed E-state index contributed by atoms with van der Waals surface area (Å²) in [5.41, 5.74) is 0.937. The molecule has 0 aliphatic carbocycles. The fourth-order valence-corrected chi connectivity index (χ4v) is 2.25. The summed E-state index contributed by atoms with van der Waals surface area (Å²) in [6.45, 7) is 0.454. The molecule has 0 aromatic heterocycles. The maximum absolute atomic E-state index is 12.0. The molecule has 0 radical (unpaired) electrons. The van der Waals surface area contributed by atoms with E-state index in [1.54, 1.807) is 29.2 Å². The van der Waals surface area contributed by atoms with Crippen LogP contribution < -0.4 is 10.2 Å². The number of benzene rings is 1. The van der Waals surface area contributed by atoms with Crippen molar-refractivity contribution in [2.75, 3.05) is 24.6 Å². The van der Waals surface area contributed by atoms with Gasteiger partial charge in [0.2, 0.25) is 5.91 Å². The fourth-order valence-electron chi connectivity index (χ4n) is 2.25. The van der Waals surface area contributed by atoms with Gasteiger partial charge in [-0.15, -0.1) is 0 Å². The summed E-state index contributed by atoms with van der Waals surface area (Å²) in [4.78, 5) is 36.8. The Kier molecular flexibility index (Phi) is 5.69. The average molecular weight is 315 g/mol. The van der Waals surface area contributed by atoms with Crippen LogP contribution in [0.5, 0.6) is 0 Å². The molecule has 1 aliphatic rings. The lowest BCUT2D eigenvalue weighted by Crippen LogP contribution is -2.29. The van der Waals surface area contributed by atoms with Crippen LogP contribution in [0.3, 0.4) is 0 Å². The Hall–Kier alpha value is -2.88. The molecule has 7 heteroatoms. The first-order chi connectivity index (χ1) is 11.1. The van der Waals surface area contributed by atoms with Gasteiger partial charge in [0.05, 0.1) is 18.1 Å². The lowest BCUT2D eigenvalue weighted by atomic mass is 10.2. The molecule has 1 saturated heterocycles. The van der Waals surface area contributed by atoms with Crippen LogP contribution in [0.15, 0.2) is 24.3 Å². The Balaban J connectivity index is 1.91. The number of nitriles is 1. The lowest BCUT2D eigenvalue weighted by molar-refractivity contribution is -0.124. The number of rotatable bonds is 6. The second-order valence-corrected chi connectivity index (χ2v) is 5.03. The van der Waals surface area contributed by atoms with Crippen molar-refractivity contribution < 1.29 is 19.1 Å². The minimum Gasteiger partial charge on any atom is -0.452 e. The summed E-state index contributed by atoms with van der Waals surface area (Å²) in [5, 5.41) is 10.8. The van der Waals surface area contributed by atoms with Gasteiger partial charge >= 0.3 is 5.97 Å². The van der Waals surface area contributed by atoms with Crippen LogP contribution in [0.25, 0.3) is 0 Å². The summed E-state index contributed by atoms with van der Waals surface area (Å²) in [6, 6.07) is 8.48. The number of amides is 2. The van der Waals surface area contributed by atoms with Gasteiger partial charge in [0.1, 0.15) is 0 Å². The van der Waals surface area contributed by atoms with Crippen molar-refractivity contribution in [1.82, 2.24) is 5.32 Å². The largest absolute Gasteiger partial charge is 0.452 e. The minimum atomic E-state index is -0.631. The van der Waals surface area contributed by atoms with Gasteiger partial charge in [0.25, 0.3) is 5.91 Å². The molecule has 0 saturated carbocycles. The Morgan fingerprint density at radius 2 is 2.22 bits per heavy atom. The molecule has 7 nitrogen and oxygen atoms in total. The van der Waals surface area contributed by atoms with Gasteiger partial charge in [-0.3, -0.25) is 9.59 Å². The number of nitrogens with zero attached hydrogens (tertiary/aromatic N) is 2. The third-order valence-electron chi connectivity index (χ3n) is 3.36. The molecule has 1 aromatic rings. The molecule has 0 atom stereocenters. The van der Waals surface area contributed by atoms with E-state index in [-0.39, 0.29) is 24.4 Å². The van der Waals surface area contributed by atoms with E-state index in [1.165, 1.54) is 0 Å². The molecule has 1 heterocycles. The van der Waals surface area contributed by atoms with Gasteiger partial charge in [-0.25, -0.2) is 4.79 Å². The second kappa shape index (κ2) is 7.94. The predicted molar refractivity (Wildman–Crippen MR) is 81.6 cm³/mol. The average Bonchev–Trinajstić information content (AvgIpc) is 2.99. The molecule has 1 N–H and O–H groups in total. The van der Waals surface area contributed by atoms with E-state index in [2.05, 4.69) is 5.32 Å². The Morgan fingerprint density at radius 1 is 1.39 bits per heavy atom. The van der Waals surface area contributed by atoms with E-state index >= 15 is 0 Å². The van der Waals surface area contributed by atoms with Gasteiger partial charge in [-0.05, 0) is 24.6 Å². The molecule has 1 fully saturated rings. The van der Waals surface area contributed by atoms with E-state index in [0.29, 0.717) is 18.7 Å². The topological polar surface area (TPSA) is 99.5 Å². The first-order valence-electron chi connectivity index (χ1n) is 7.33. The Labute approximate surface area is 133 Å². The zero-order valence-electron chi connectivity index (χ0n) is 12.6. The van der Waals surface area contributed by atoms with Crippen LogP contribution in [0.1, 0.15) is 29.6 Å². The van der Waals surface area contributed by atoms with Gasteiger partial charge < -0.3 is 15.0 Å². The molecule has 0 spiro atoms. The quantitative estimate of drug-likeness (QED) is 0.623. The van der Waals surface area contributed by atoms with Crippen molar-refractivity contribution in [1.29, 1.82) is 5.26 Å². The number of carbonyl (C=O) groups excluding carboxylic acids is 3. The normalized spacial score (nSPS) is 13.5. The standard InChI is InChI=1S/C16H17N3O4/c17-7-3-8-18-14(20)11-23-16(22)12-4-1-5-13(10-12)19-9-2-6-15(19)21/h1,4-5,10H,2-3,6,8-9,11H2,(H,18,20). The third-order valence-corrected chi connectivity index (χ3v) is 3.36. The van der Waals surface area contributed by atoms with Crippen LogP contribution in [-0.2, 0) is 14.3 Å². The van der Waals surface area contributed by atoms with E-state index in [4.69, 9.17) is 10.00 Å². The van der Waals surface area contributed by atoms with Crippen molar-refractivity contribution in [2.45, 2.75) is 19.3 Å². The smallest absolute Gasteiger partial charge is 0.338 e. The summed E-state index contributed by atoms with van der Waals surface area (Å²) < 4.78 is 4.93. The van der Waals surface area contributed by atoms with Crippen LogP contribution in [0.2, 0.25) is 0 Å². The zero-order chi connectivity index (χ0) is 16.7. The molecular weight excluding hydrogens is 298 g/mol. The molecule has 2 rings (SSSR count). The van der Waals surface area contributed by atoms with E-state index < -0.39 is 18.5 Å². The number of hydrogen-bond donors (Lipinski definition) is 1. The highest BCUT2D eigenvalue weighted by molar-refractivity contribution is 5.97. The predicted octanol–water partition coefficient (Wildman–Crippen LogP) is 1.00. The van der Waals surface area contributed by atoms with Crippen molar-refractivity contribution in [3.05, 3.63) is 29.8 Å².